The number of nitrogens with zero attached hydrogens (tertiary/aromatic N) is 2. The van der Waals surface area contributed by atoms with Crippen LogP contribution >= 0.6 is 15.9 Å². The SMILES string of the molecule is NCc1ccc(Br)cc1-n1ccc(C2CC2)n1. The Morgan fingerprint density at radius 2 is 2.18 bits per heavy atom. The molecule has 1 heterocycles. The molecule has 0 unspecified atom stereocenters. The van der Waals surface area contributed by atoms with E-state index < -0.39 is 0 Å². The predicted molar refractivity (Wildman–Crippen MR) is 71.1 cm³/mol. The average Bonchev–Trinajstić information content (AvgIpc) is 3.07. The van der Waals surface area contributed by atoms with Crippen LogP contribution in [0.25, 0.3) is 5.69 Å². The third-order valence-corrected chi connectivity index (χ3v) is 3.61. The fraction of sp³-hybridized carbons (Fsp3) is 0.308. The lowest BCUT2D eigenvalue weighted by Crippen LogP contribution is -2.05. The molecule has 3 rings (SSSR count). The first-order chi connectivity index (χ1) is 8.28. The van der Waals surface area contributed by atoms with Crippen LogP contribution < -0.4 is 5.73 Å². The van der Waals surface area contributed by atoms with Crippen LogP contribution in [-0.2, 0) is 6.54 Å². The van der Waals surface area contributed by atoms with Crippen molar-refractivity contribution in [3.8, 4) is 5.69 Å². The number of rotatable bonds is 3. The van der Waals surface area contributed by atoms with Gasteiger partial charge in [0.2, 0.25) is 0 Å². The number of benzene rings is 1. The normalized spacial score (nSPS) is 15.2. The second-order valence-corrected chi connectivity index (χ2v) is 5.35. The highest BCUT2D eigenvalue weighted by Gasteiger charge is 2.26. The Bertz CT molecular complexity index is 543. The molecule has 1 aliphatic rings. The molecule has 0 bridgehead atoms. The Labute approximate surface area is 109 Å². The summed E-state index contributed by atoms with van der Waals surface area (Å²) in [5.74, 6) is 0.685. The van der Waals surface area contributed by atoms with E-state index in [-0.39, 0.29) is 0 Å². The van der Waals surface area contributed by atoms with Crippen LogP contribution in [0.15, 0.2) is 34.9 Å². The molecule has 0 amide bonds. The van der Waals surface area contributed by atoms with Gasteiger partial charge in [-0.15, -0.1) is 0 Å². The maximum absolute atomic E-state index is 5.76. The van der Waals surface area contributed by atoms with Gasteiger partial charge in [-0.25, -0.2) is 4.68 Å². The number of hydrogen-bond acceptors (Lipinski definition) is 2. The van der Waals surface area contributed by atoms with Crippen molar-refractivity contribution < 1.29 is 0 Å². The Morgan fingerprint density at radius 3 is 2.88 bits per heavy atom. The van der Waals surface area contributed by atoms with Crippen molar-refractivity contribution in [2.24, 2.45) is 5.73 Å². The lowest BCUT2D eigenvalue weighted by molar-refractivity contribution is 0.822. The standard InChI is InChI=1S/C13H14BrN3/c14-11-4-3-10(8-15)13(7-11)17-6-5-12(16-17)9-1-2-9/h3-7,9H,1-2,8,15H2. The summed E-state index contributed by atoms with van der Waals surface area (Å²) in [6.45, 7) is 0.529. The predicted octanol–water partition coefficient (Wildman–Crippen LogP) is 2.97. The summed E-state index contributed by atoms with van der Waals surface area (Å²) in [6, 6.07) is 8.22. The van der Waals surface area contributed by atoms with Gasteiger partial charge in [-0.3, -0.25) is 0 Å². The molecule has 0 spiro atoms. The van der Waals surface area contributed by atoms with Crippen LogP contribution in [-0.4, -0.2) is 9.78 Å². The molecule has 1 aromatic heterocycles. The Balaban J connectivity index is 2.03. The van der Waals surface area contributed by atoms with Crippen LogP contribution in [0.4, 0.5) is 0 Å². The van der Waals surface area contributed by atoms with Crippen LogP contribution in [0.1, 0.15) is 30.0 Å². The smallest absolute Gasteiger partial charge is 0.0701 e. The zero-order chi connectivity index (χ0) is 11.8. The molecule has 4 heteroatoms. The molecule has 2 aromatic rings. The van der Waals surface area contributed by atoms with E-state index in [1.165, 1.54) is 18.5 Å². The summed E-state index contributed by atoms with van der Waals surface area (Å²) in [5.41, 5.74) is 9.14. The van der Waals surface area contributed by atoms with Crippen molar-refractivity contribution in [1.29, 1.82) is 0 Å². The highest BCUT2D eigenvalue weighted by Crippen LogP contribution is 2.39. The van der Waals surface area contributed by atoms with Crippen LogP contribution in [0.3, 0.4) is 0 Å². The molecular formula is C13H14BrN3. The van der Waals surface area contributed by atoms with Gasteiger partial charge in [-0.05, 0) is 36.6 Å². The van der Waals surface area contributed by atoms with E-state index in [1.807, 2.05) is 23.0 Å². The van der Waals surface area contributed by atoms with Crippen LogP contribution in [0, 0.1) is 0 Å². The molecule has 88 valence electrons. The second-order valence-electron chi connectivity index (χ2n) is 4.44. The van der Waals surface area contributed by atoms with Crippen molar-refractivity contribution in [1.82, 2.24) is 9.78 Å². The summed E-state index contributed by atoms with van der Waals surface area (Å²) >= 11 is 3.49. The minimum Gasteiger partial charge on any atom is -0.326 e. The van der Waals surface area contributed by atoms with Crippen molar-refractivity contribution in [3.05, 3.63) is 46.2 Å². The Morgan fingerprint density at radius 1 is 1.35 bits per heavy atom. The van der Waals surface area contributed by atoms with Gasteiger partial charge in [0.05, 0.1) is 11.4 Å². The lowest BCUT2D eigenvalue weighted by atomic mass is 10.2. The maximum Gasteiger partial charge on any atom is 0.0701 e. The molecule has 3 nitrogen and oxygen atoms in total. The number of aromatic nitrogens is 2. The fourth-order valence-electron chi connectivity index (χ4n) is 1.99. The van der Waals surface area contributed by atoms with Crippen molar-refractivity contribution in [3.63, 3.8) is 0 Å². The lowest BCUT2D eigenvalue weighted by Gasteiger charge is -2.08. The molecule has 0 aliphatic heterocycles. The van der Waals surface area contributed by atoms with E-state index in [4.69, 9.17) is 5.73 Å². The molecule has 1 aliphatic carbocycles. The summed E-state index contributed by atoms with van der Waals surface area (Å²) in [6.07, 6.45) is 4.58. The van der Waals surface area contributed by atoms with E-state index in [0.29, 0.717) is 12.5 Å². The van der Waals surface area contributed by atoms with Crippen molar-refractivity contribution in [2.75, 3.05) is 0 Å². The van der Waals surface area contributed by atoms with Crippen molar-refractivity contribution in [2.45, 2.75) is 25.3 Å². The number of hydrogen-bond donors (Lipinski definition) is 1. The third kappa shape index (κ3) is 2.15. The van der Waals surface area contributed by atoms with Gasteiger partial charge < -0.3 is 5.73 Å². The minimum absolute atomic E-state index is 0.529. The van der Waals surface area contributed by atoms with E-state index in [1.54, 1.807) is 0 Å². The fourth-order valence-corrected chi connectivity index (χ4v) is 2.34. The zero-order valence-corrected chi connectivity index (χ0v) is 11.0. The second kappa shape index (κ2) is 4.27. The Hall–Kier alpha value is -1.13. The molecule has 1 aromatic carbocycles. The quantitative estimate of drug-likeness (QED) is 0.945. The van der Waals surface area contributed by atoms with E-state index in [9.17, 15) is 0 Å². The first-order valence-electron chi connectivity index (χ1n) is 5.82. The zero-order valence-electron chi connectivity index (χ0n) is 9.44. The number of nitrogens with two attached hydrogens (primary N) is 1. The average molecular weight is 292 g/mol. The van der Waals surface area contributed by atoms with Gasteiger partial charge in [0.25, 0.3) is 0 Å². The van der Waals surface area contributed by atoms with Gasteiger partial charge in [0.15, 0.2) is 0 Å². The third-order valence-electron chi connectivity index (χ3n) is 3.12. The van der Waals surface area contributed by atoms with Crippen molar-refractivity contribution >= 4 is 15.9 Å². The highest BCUT2D eigenvalue weighted by atomic mass is 79.9. The largest absolute Gasteiger partial charge is 0.326 e. The molecule has 1 fully saturated rings. The summed E-state index contributed by atoms with van der Waals surface area (Å²) in [4.78, 5) is 0. The van der Waals surface area contributed by atoms with Gasteiger partial charge >= 0.3 is 0 Å². The summed E-state index contributed by atoms with van der Waals surface area (Å²) in [7, 11) is 0. The molecule has 17 heavy (non-hydrogen) atoms. The molecule has 2 N–H and O–H groups in total. The highest BCUT2D eigenvalue weighted by molar-refractivity contribution is 9.10. The monoisotopic (exact) mass is 291 g/mol. The molecule has 1 saturated carbocycles. The van der Waals surface area contributed by atoms with Crippen LogP contribution in [0.2, 0.25) is 0 Å². The Kier molecular flexibility index (Phi) is 2.76. The van der Waals surface area contributed by atoms with Gasteiger partial charge in [0, 0.05) is 23.1 Å². The molecule has 0 radical (unpaired) electrons. The number of halogens is 1. The van der Waals surface area contributed by atoms with E-state index in [2.05, 4.69) is 33.2 Å². The minimum atomic E-state index is 0.529. The van der Waals surface area contributed by atoms with E-state index in [0.717, 1.165) is 15.7 Å². The summed E-state index contributed by atoms with van der Waals surface area (Å²) < 4.78 is 2.98. The first kappa shape index (κ1) is 11.0. The topological polar surface area (TPSA) is 43.8 Å². The first-order valence-corrected chi connectivity index (χ1v) is 6.61. The van der Waals surface area contributed by atoms with Gasteiger partial charge in [0.1, 0.15) is 0 Å². The molecular weight excluding hydrogens is 278 g/mol. The molecule has 0 atom stereocenters. The van der Waals surface area contributed by atoms with E-state index >= 15 is 0 Å². The van der Waals surface area contributed by atoms with Gasteiger partial charge in [-0.2, -0.15) is 5.10 Å². The van der Waals surface area contributed by atoms with Crippen LogP contribution in [0.5, 0.6) is 0 Å². The summed E-state index contributed by atoms with van der Waals surface area (Å²) in [5, 5.41) is 4.63. The van der Waals surface area contributed by atoms with Gasteiger partial charge in [-0.1, -0.05) is 22.0 Å². The molecule has 0 saturated heterocycles. The maximum atomic E-state index is 5.76.